The third-order valence-electron chi connectivity index (χ3n) is 4.30. The zero-order valence-corrected chi connectivity index (χ0v) is 16.2. The van der Waals surface area contributed by atoms with Crippen LogP contribution in [0.15, 0.2) is 38.6 Å². The van der Waals surface area contributed by atoms with Crippen molar-refractivity contribution in [3.8, 4) is 0 Å². The molecule has 0 saturated carbocycles. The normalized spacial score (nSPS) is 16.5. The molecule has 1 fully saturated rings. The number of aryl methyl sites for hydroxylation is 2. The summed E-state index contributed by atoms with van der Waals surface area (Å²) in [6, 6.07) is 5.70. The number of rotatable bonds is 5. The highest BCUT2D eigenvalue weighted by Crippen LogP contribution is 2.25. The van der Waals surface area contributed by atoms with Crippen molar-refractivity contribution in [2.75, 3.05) is 17.8 Å². The van der Waals surface area contributed by atoms with E-state index in [1.807, 2.05) is 0 Å². The van der Waals surface area contributed by atoms with Crippen LogP contribution in [0.5, 0.6) is 0 Å². The van der Waals surface area contributed by atoms with Gasteiger partial charge in [0.05, 0.1) is 4.90 Å². The average molecular weight is 399 g/mol. The molecule has 3 rings (SSSR count). The van der Waals surface area contributed by atoms with E-state index in [1.54, 1.807) is 6.92 Å². The Kier molecular flexibility index (Phi) is 5.09. The van der Waals surface area contributed by atoms with E-state index < -0.39 is 20.0 Å². The maximum absolute atomic E-state index is 12.6. The topological polar surface area (TPSA) is 110 Å². The highest BCUT2D eigenvalue weighted by atomic mass is 32.2. The Balaban J connectivity index is 1.82. The molecule has 1 aromatic heterocycles. The van der Waals surface area contributed by atoms with Crippen molar-refractivity contribution < 1.29 is 21.4 Å². The van der Waals surface area contributed by atoms with Crippen molar-refractivity contribution in [2.24, 2.45) is 0 Å². The molecule has 26 heavy (non-hydrogen) atoms. The van der Waals surface area contributed by atoms with Crippen LogP contribution >= 0.6 is 0 Å². The van der Waals surface area contributed by atoms with E-state index in [2.05, 4.69) is 9.88 Å². The Morgan fingerprint density at radius 1 is 1.00 bits per heavy atom. The lowest BCUT2D eigenvalue weighted by Gasteiger charge is -2.25. The Labute approximate surface area is 153 Å². The van der Waals surface area contributed by atoms with Crippen molar-refractivity contribution >= 4 is 25.7 Å². The fourth-order valence-electron chi connectivity index (χ4n) is 3.01. The number of benzene rings is 1. The maximum Gasteiger partial charge on any atom is 0.267 e. The van der Waals surface area contributed by atoms with Gasteiger partial charge in [0.2, 0.25) is 10.0 Å². The highest BCUT2D eigenvalue weighted by Gasteiger charge is 2.27. The standard InChI is InChI=1S/C16H21N3O5S2/c1-12-16(13(2)24-17-12)25(20,21)18-14-6-8-15(9-7-14)26(22,23)19-10-4-3-5-11-19/h6-9,18H,3-5,10-11H2,1-2H3. The van der Waals surface area contributed by atoms with Crippen LogP contribution in [0.25, 0.3) is 0 Å². The van der Waals surface area contributed by atoms with Crippen molar-refractivity contribution in [2.45, 2.75) is 42.9 Å². The summed E-state index contributed by atoms with van der Waals surface area (Å²) in [5, 5.41) is 3.64. The second-order valence-electron chi connectivity index (χ2n) is 6.25. The van der Waals surface area contributed by atoms with Gasteiger partial charge in [-0.15, -0.1) is 0 Å². The van der Waals surface area contributed by atoms with E-state index in [0.717, 1.165) is 19.3 Å². The lowest BCUT2D eigenvalue weighted by atomic mass is 10.2. The van der Waals surface area contributed by atoms with E-state index in [1.165, 1.54) is 35.5 Å². The first-order chi connectivity index (χ1) is 12.2. The van der Waals surface area contributed by atoms with Gasteiger partial charge >= 0.3 is 0 Å². The number of hydrogen-bond donors (Lipinski definition) is 1. The Bertz CT molecular complexity index is 970. The van der Waals surface area contributed by atoms with Gasteiger partial charge in [0.15, 0.2) is 10.7 Å². The predicted molar refractivity (Wildman–Crippen MR) is 95.8 cm³/mol. The molecule has 1 aliphatic heterocycles. The summed E-state index contributed by atoms with van der Waals surface area (Å²) in [7, 11) is -7.41. The summed E-state index contributed by atoms with van der Waals surface area (Å²) < 4.78 is 59.0. The van der Waals surface area contributed by atoms with Crippen LogP contribution in [0, 0.1) is 13.8 Å². The number of nitrogens with zero attached hydrogens (tertiary/aromatic N) is 2. The maximum atomic E-state index is 12.6. The first kappa shape index (κ1) is 18.9. The molecule has 2 heterocycles. The average Bonchev–Trinajstić information content (AvgIpc) is 2.95. The molecule has 1 aromatic carbocycles. The number of aromatic nitrogens is 1. The van der Waals surface area contributed by atoms with Crippen molar-refractivity contribution in [1.29, 1.82) is 0 Å². The van der Waals surface area contributed by atoms with Crippen LogP contribution in [0.2, 0.25) is 0 Å². The van der Waals surface area contributed by atoms with Gasteiger partial charge in [0, 0.05) is 18.8 Å². The van der Waals surface area contributed by atoms with E-state index in [4.69, 9.17) is 4.52 Å². The van der Waals surface area contributed by atoms with Gasteiger partial charge in [-0.2, -0.15) is 4.31 Å². The third kappa shape index (κ3) is 3.62. The number of sulfonamides is 2. The predicted octanol–water partition coefficient (Wildman–Crippen LogP) is 2.27. The summed E-state index contributed by atoms with van der Waals surface area (Å²) in [4.78, 5) is 0.141. The fourth-order valence-corrected chi connectivity index (χ4v) is 5.92. The highest BCUT2D eigenvalue weighted by molar-refractivity contribution is 7.92. The molecule has 142 valence electrons. The van der Waals surface area contributed by atoms with E-state index in [0.29, 0.717) is 13.1 Å². The third-order valence-corrected chi connectivity index (χ3v) is 7.83. The molecule has 0 amide bonds. The molecular formula is C16H21N3O5S2. The van der Waals surface area contributed by atoms with Crippen molar-refractivity contribution in [3.05, 3.63) is 35.7 Å². The molecule has 0 unspecified atom stereocenters. The minimum absolute atomic E-state index is 0.0116. The molecule has 8 nitrogen and oxygen atoms in total. The number of hydrogen-bond acceptors (Lipinski definition) is 6. The van der Waals surface area contributed by atoms with E-state index in [-0.39, 0.29) is 26.9 Å². The first-order valence-electron chi connectivity index (χ1n) is 8.28. The molecule has 0 aliphatic carbocycles. The van der Waals surface area contributed by atoms with Gasteiger partial charge in [-0.25, -0.2) is 16.8 Å². The summed E-state index contributed by atoms with van der Waals surface area (Å²) in [6.45, 7) is 4.09. The van der Waals surface area contributed by atoms with Gasteiger partial charge in [-0.05, 0) is 51.0 Å². The minimum atomic E-state index is -3.87. The SMILES string of the molecule is Cc1noc(C)c1S(=O)(=O)Nc1ccc(S(=O)(=O)N2CCCCC2)cc1. The molecule has 0 radical (unpaired) electrons. The van der Waals surface area contributed by atoms with Gasteiger partial charge in [-0.3, -0.25) is 4.72 Å². The molecule has 0 spiro atoms. The molecule has 2 aromatic rings. The molecule has 0 bridgehead atoms. The first-order valence-corrected chi connectivity index (χ1v) is 11.2. The smallest absolute Gasteiger partial charge is 0.267 e. The Morgan fingerprint density at radius 2 is 1.62 bits per heavy atom. The summed E-state index contributed by atoms with van der Waals surface area (Å²) in [5.74, 6) is 0.194. The number of nitrogens with one attached hydrogen (secondary N) is 1. The van der Waals surface area contributed by atoms with Crippen LogP contribution in [0.1, 0.15) is 30.7 Å². The van der Waals surface area contributed by atoms with Crippen LogP contribution < -0.4 is 4.72 Å². The fraction of sp³-hybridized carbons (Fsp3) is 0.438. The van der Waals surface area contributed by atoms with E-state index >= 15 is 0 Å². The van der Waals surface area contributed by atoms with Gasteiger partial charge in [0.25, 0.3) is 10.0 Å². The Morgan fingerprint density at radius 3 is 2.15 bits per heavy atom. The molecule has 10 heteroatoms. The number of anilines is 1. The molecule has 1 aliphatic rings. The van der Waals surface area contributed by atoms with Crippen molar-refractivity contribution in [1.82, 2.24) is 9.46 Å². The molecule has 1 saturated heterocycles. The van der Waals surface area contributed by atoms with Gasteiger partial charge in [-0.1, -0.05) is 11.6 Å². The van der Waals surface area contributed by atoms with Crippen LogP contribution in [-0.2, 0) is 20.0 Å². The zero-order valence-electron chi connectivity index (χ0n) is 14.6. The second kappa shape index (κ2) is 7.01. The Hall–Kier alpha value is -1.91. The minimum Gasteiger partial charge on any atom is -0.360 e. The van der Waals surface area contributed by atoms with Crippen LogP contribution in [-0.4, -0.2) is 39.4 Å². The largest absolute Gasteiger partial charge is 0.360 e. The summed E-state index contributed by atoms with van der Waals surface area (Å²) in [5.41, 5.74) is 0.530. The lowest BCUT2D eigenvalue weighted by Crippen LogP contribution is -2.35. The quantitative estimate of drug-likeness (QED) is 0.826. The van der Waals surface area contributed by atoms with Crippen LogP contribution in [0.3, 0.4) is 0 Å². The van der Waals surface area contributed by atoms with Gasteiger partial charge in [0.1, 0.15) is 5.69 Å². The number of piperidine rings is 1. The summed E-state index contributed by atoms with van der Waals surface area (Å²) >= 11 is 0. The lowest BCUT2D eigenvalue weighted by molar-refractivity contribution is 0.346. The molecule has 0 atom stereocenters. The molecule has 1 N–H and O–H groups in total. The zero-order chi connectivity index (χ0) is 18.9. The van der Waals surface area contributed by atoms with E-state index in [9.17, 15) is 16.8 Å². The monoisotopic (exact) mass is 399 g/mol. The second-order valence-corrected chi connectivity index (χ2v) is 9.81. The summed E-state index contributed by atoms with van der Waals surface area (Å²) in [6.07, 6.45) is 2.75. The van der Waals surface area contributed by atoms with Crippen molar-refractivity contribution in [3.63, 3.8) is 0 Å². The molecular weight excluding hydrogens is 378 g/mol. The van der Waals surface area contributed by atoms with Crippen LogP contribution in [0.4, 0.5) is 5.69 Å². The van der Waals surface area contributed by atoms with Gasteiger partial charge < -0.3 is 4.52 Å².